The van der Waals surface area contributed by atoms with Crippen LogP contribution in [0, 0.1) is 0 Å². The predicted octanol–water partition coefficient (Wildman–Crippen LogP) is 9.88. The van der Waals surface area contributed by atoms with Crippen LogP contribution in [0.1, 0.15) is 239 Å². The van der Waals surface area contributed by atoms with Crippen molar-refractivity contribution in [3.8, 4) is 0 Å². The molecule has 19 nitrogen and oxygen atoms in total. The summed E-state index contributed by atoms with van der Waals surface area (Å²) in [6.07, 6.45) is 42.7. The van der Waals surface area contributed by atoms with Crippen molar-refractivity contribution in [1.82, 2.24) is 5.32 Å². The van der Waals surface area contributed by atoms with Gasteiger partial charge in [0, 0.05) is 6.42 Å². The second kappa shape index (κ2) is 54.0. The van der Waals surface area contributed by atoms with E-state index in [0.29, 0.717) is 12.8 Å². The Morgan fingerprint density at radius 2 is 0.750 bits per heavy atom. The summed E-state index contributed by atoms with van der Waals surface area (Å²) in [4.78, 5) is 13.4. The van der Waals surface area contributed by atoms with Crippen LogP contribution in [0.15, 0.2) is 85.1 Å². The maximum absolute atomic E-state index is 13.4. The summed E-state index contributed by atoms with van der Waals surface area (Å²) in [6.45, 7) is 1.65. The quantitative estimate of drug-likeness (QED) is 0.0199. The van der Waals surface area contributed by atoms with Gasteiger partial charge in [-0.05, 0) is 70.6 Å². The number of unbranched alkanes of at least 4 members (excludes halogenated alkanes) is 24. The van der Waals surface area contributed by atoms with Crippen LogP contribution in [0.5, 0.6) is 0 Å². The molecule has 0 radical (unpaired) electrons. The molecule has 0 aliphatic carbocycles. The highest BCUT2D eigenvalue weighted by Gasteiger charge is 2.53. The predicted molar refractivity (Wildman–Crippen MR) is 360 cm³/mol. The van der Waals surface area contributed by atoms with E-state index < -0.39 is 124 Å². The highest BCUT2D eigenvalue weighted by atomic mass is 16.8. The molecule has 3 aliphatic heterocycles. The van der Waals surface area contributed by atoms with Crippen molar-refractivity contribution in [2.24, 2.45) is 0 Å². The largest absolute Gasteiger partial charge is 0.394 e. The molecular weight excluding hydrogens is 1180 g/mol. The lowest BCUT2D eigenvalue weighted by Gasteiger charge is -2.48. The molecule has 17 unspecified atom stereocenters. The van der Waals surface area contributed by atoms with Crippen molar-refractivity contribution >= 4 is 5.91 Å². The van der Waals surface area contributed by atoms with Gasteiger partial charge in [0.25, 0.3) is 0 Å². The van der Waals surface area contributed by atoms with Crippen LogP contribution in [0.2, 0.25) is 0 Å². The number of hydrogen-bond acceptors (Lipinski definition) is 18. The van der Waals surface area contributed by atoms with Gasteiger partial charge in [0.2, 0.25) is 5.91 Å². The topological polar surface area (TPSA) is 307 Å². The summed E-state index contributed by atoms with van der Waals surface area (Å²) in [5.41, 5.74) is 0. The zero-order chi connectivity index (χ0) is 66.8. The lowest BCUT2D eigenvalue weighted by molar-refractivity contribution is -0.379. The molecule has 0 aromatic carbocycles. The van der Waals surface area contributed by atoms with E-state index in [0.717, 1.165) is 96.3 Å². The van der Waals surface area contributed by atoms with Crippen molar-refractivity contribution in [3.63, 3.8) is 0 Å². The minimum absolute atomic E-state index is 0.247. The number of hydrogen-bond donors (Lipinski definition) is 12. The molecule has 0 saturated carbocycles. The van der Waals surface area contributed by atoms with Gasteiger partial charge in [-0.3, -0.25) is 4.79 Å². The molecule has 3 rings (SSSR count). The molecule has 0 aromatic rings. The molecular formula is C73H127NO18. The van der Waals surface area contributed by atoms with Gasteiger partial charge in [-0.15, -0.1) is 0 Å². The van der Waals surface area contributed by atoms with E-state index >= 15 is 0 Å². The molecule has 3 heterocycles. The molecule has 3 aliphatic rings. The van der Waals surface area contributed by atoms with E-state index in [1.54, 1.807) is 0 Å². The van der Waals surface area contributed by atoms with Crippen molar-refractivity contribution in [2.75, 3.05) is 26.4 Å². The van der Waals surface area contributed by atoms with Gasteiger partial charge in [0.05, 0.1) is 38.6 Å². The minimum atomic E-state index is -1.97. The zero-order valence-electron chi connectivity index (χ0n) is 56.3. The second-order valence-electron chi connectivity index (χ2n) is 25.3. The molecule has 12 N–H and O–H groups in total. The number of rotatable bonds is 54. The molecule has 19 heteroatoms. The van der Waals surface area contributed by atoms with Gasteiger partial charge in [-0.25, -0.2) is 0 Å². The van der Waals surface area contributed by atoms with Crippen molar-refractivity contribution in [1.29, 1.82) is 0 Å². The maximum Gasteiger partial charge on any atom is 0.220 e. The second-order valence-corrected chi connectivity index (χ2v) is 25.3. The molecule has 0 spiro atoms. The highest BCUT2D eigenvalue weighted by molar-refractivity contribution is 5.76. The van der Waals surface area contributed by atoms with Gasteiger partial charge < -0.3 is 89.9 Å². The SMILES string of the molecule is CC/C=C\C/C=C\C/C=C\C/C=C\C/C=C\C/C=C\C/C=C\CCCCCCCCCCCCCCCCCC(=O)NC(COC1OC(CO)C(OC2OC(CO)C(OC3OC(CO)C(O)C(O)C3O)C(O)C2O)C(O)C1O)C(O)CCCCCCCCCCCC. The third kappa shape index (κ3) is 35.3. The standard InChI is InChI=1S/C73H127NO18/c1-3-5-7-9-11-13-15-16-17-18-19-20-21-22-23-24-25-26-27-28-29-30-31-32-33-34-35-36-37-38-39-40-41-43-45-47-49-51-61(79)74-56(57(78)50-48-46-44-42-14-12-10-8-6-4-2)55-87-71-67(85)64(82)69(59(53-76)89-71)92-73-68(86)65(83)70(60(54-77)90-73)91-72-66(84)63(81)62(80)58(52-75)88-72/h5,7,11,13,16-17,19-20,22-23,25-26,28-29,56-60,62-73,75-78,80-86H,3-4,6,8-10,12,14-15,18,21,24,27,30-55H2,1-2H3,(H,74,79)/b7-5-,13-11-,17-16-,20-19-,23-22-,26-25-,29-28-. The van der Waals surface area contributed by atoms with E-state index in [9.17, 15) is 61.0 Å². The normalized spacial score (nSPS) is 28.2. The number of ether oxygens (including phenoxy) is 6. The number of aliphatic hydroxyl groups excluding tert-OH is 11. The summed E-state index contributed by atoms with van der Waals surface area (Å²) in [5, 5.41) is 120. The first kappa shape index (κ1) is 83.2. The third-order valence-corrected chi connectivity index (χ3v) is 17.5. The highest BCUT2D eigenvalue weighted by Crippen LogP contribution is 2.33. The first-order chi connectivity index (χ1) is 44.8. The average Bonchev–Trinajstić information content (AvgIpc) is 0.799. The lowest BCUT2D eigenvalue weighted by atomic mass is 9.96. The molecule has 0 bridgehead atoms. The Morgan fingerprint density at radius 3 is 1.17 bits per heavy atom. The monoisotopic (exact) mass is 1310 g/mol. The first-order valence-corrected chi connectivity index (χ1v) is 35.8. The summed E-state index contributed by atoms with van der Waals surface area (Å²) < 4.78 is 34.3. The molecule has 532 valence electrons. The van der Waals surface area contributed by atoms with Gasteiger partial charge >= 0.3 is 0 Å². The Bertz CT molecular complexity index is 2000. The Morgan fingerprint density at radius 1 is 0.402 bits per heavy atom. The fourth-order valence-electron chi connectivity index (χ4n) is 11.7. The summed E-state index contributed by atoms with van der Waals surface area (Å²) in [6, 6.07) is -0.889. The van der Waals surface area contributed by atoms with Gasteiger partial charge in [0.1, 0.15) is 73.2 Å². The zero-order valence-corrected chi connectivity index (χ0v) is 56.3. The maximum atomic E-state index is 13.4. The number of carbonyl (C=O) groups is 1. The van der Waals surface area contributed by atoms with Crippen LogP contribution >= 0.6 is 0 Å². The smallest absolute Gasteiger partial charge is 0.220 e. The van der Waals surface area contributed by atoms with Crippen molar-refractivity contribution in [3.05, 3.63) is 85.1 Å². The fourth-order valence-corrected chi connectivity index (χ4v) is 11.7. The van der Waals surface area contributed by atoms with Gasteiger partial charge in [-0.1, -0.05) is 247 Å². The minimum Gasteiger partial charge on any atom is -0.394 e. The number of nitrogens with one attached hydrogen (secondary N) is 1. The van der Waals surface area contributed by atoms with Gasteiger partial charge in [0.15, 0.2) is 18.9 Å². The van der Waals surface area contributed by atoms with Crippen molar-refractivity contribution < 1.29 is 89.4 Å². The van der Waals surface area contributed by atoms with Gasteiger partial charge in [-0.2, -0.15) is 0 Å². The van der Waals surface area contributed by atoms with Crippen LogP contribution < -0.4 is 5.32 Å². The summed E-state index contributed by atoms with van der Waals surface area (Å²) >= 11 is 0. The Balaban J connectivity index is 1.30. The third-order valence-electron chi connectivity index (χ3n) is 17.5. The van der Waals surface area contributed by atoms with Crippen LogP contribution in [0.4, 0.5) is 0 Å². The summed E-state index contributed by atoms with van der Waals surface area (Å²) in [5.74, 6) is -0.247. The van der Waals surface area contributed by atoms with E-state index in [-0.39, 0.29) is 18.9 Å². The average molecular weight is 1310 g/mol. The number of allylic oxidation sites excluding steroid dienone is 14. The molecule has 92 heavy (non-hydrogen) atoms. The molecule has 0 aromatic heterocycles. The molecule has 1 amide bonds. The van der Waals surface area contributed by atoms with Crippen LogP contribution in [-0.4, -0.2) is 193 Å². The van der Waals surface area contributed by atoms with E-state index in [1.807, 2.05) is 0 Å². The number of aliphatic hydroxyl groups is 11. The number of carbonyl (C=O) groups excluding carboxylic acids is 1. The molecule has 3 saturated heterocycles. The number of amides is 1. The Labute approximate surface area is 552 Å². The molecule has 3 fully saturated rings. The Hall–Kier alpha value is -3.03. The van der Waals surface area contributed by atoms with E-state index in [2.05, 4.69) is 104 Å². The lowest BCUT2D eigenvalue weighted by Crippen LogP contribution is -2.66. The van der Waals surface area contributed by atoms with Crippen LogP contribution in [0.25, 0.3) is 0 Å². The van der Waals surface area contributed by atoms with E-state index in [4.69, 9.17) is 28.4 Å². The fraction of sp³-hybridized carbons (Fsp3) is 0.795. The van der Waals surface area contributed by atoms with E-state index in [1.165, 1.54) is 109 Å². The Kier molecular flexibility index (Phi) is 48.9. The summed E-state index contributed by atoms with van der Waals surface area (Å²) in [7, 11) is 0. The van der Waals surface area contributed by atoms with Crippen LogP contribution in [0.3, 0.4) is 0 Å². The van der Waals surface area contributed by atoms with Crippen LogP contribution in [-0.2, 0) is 33.2 Å². The first-order valence-electron chi connectivity index (χ1n) is 35.8. The van der Waals surface area contributed by atoms with Crippen molar-refractivity contribution in [2.45, 2.75) is 343 Å². The molecule has 17 atom stereocenters.